The molecule has 2 rings (SSSR count). The Morgan fingerprint density at radius 2 is 1.95 bits per heavy atom. The normalized spacial score (nSPS) is 18.6. The first kappa shape index (κ1) is 14.3. The van der Waals surface area contributed by atoms with Crippen molar-refractivity contribution in [3.63, 3.8) is 0 Å². The average molecular weight is 263 g/mol. The lowest BCUT2D eigenvalue weighted by atomic mass is 9.80. The SMILES string of the molecule is COc1nc(C(C)(C)C)ncc1C1(CN)CCCC1. The van der Waals surface area contributed by atoms with Gasteiger partial charge >= 0.3 is 0 Å². The van der Waals surface area contributed by atoms with Gasteiger partial charge in [-0.3, -0.25) is 0 Å². The van der Waals surface area contributed by atoms with Crippen LogP contribution in [0, 0.1) is 0 Å². The van der Waals surface area contributed by atoms with Gasteiger partial charge in [0.15, 0.2) is 0 Å². The molecule has 1 heterocycles. The lowest BCUT2D eigenvalue weighted by Gasteiger charge is -2.29. The van der Waals surface area contributed by atoms with Crippen molar-refractivity contribution in [3.05, 3.63) is 17.6 Å². The van der Waals surface area contributed by atoms with Crippen LogP contribution in [0.1, 0.15) is 57.8 Å². The summed E-state index contributed by atoms with van der Waals surface area (Å²) in [5, 5.41) is 0. The molecule has 4 heteroatoms. The quantitative estimate of drug-likeness (QED) is 0.910. The summed E-state index contributed by atoms with van der Waals surface area (Å²) in [6.07, 6.45) is 6.60. The van der Waals surface area contributed by atoms with Gasteiger partial charge in [0.25, 0.3) is 0 Å². The number of nitrogens with zero attached hydrogens (tertiary/aromatic N) is 2. The average Bonchev–Trinajstić information content (AvgIpc) is 2.86. The molecular formula is C15H25N3O. The van der Waals surface area contributed by atoms with E-state index in [1.807, 2.05) is 6.20 Å². The molecule has 4 nitrogen and oxygen atoms in total. The third-order valence-electron chi connectivity index (χ3n) is 4.14. The van der Waals surface area contributed by atoms with Gasteiger partial charge in [0.1, 0.15) is 5.82 Å². The smallest absolute Gasteiger partial charge is 0.220 e. The molecule has 1 aliphatic carbocycles. The molecule has 0 aliphatic heterocycles. The van der Waals surface area contributed by atoms with Crippen LogP contribution in [-0.4, -0.2) is 23.6 Å². The summed E-state index contributed by atoms with van der Waals surface area (Å²) in [4.78, 5) is 9.16. The van der Waals surface area contributed by atoms with Crippen LogP contribution in [0.15, 0.2) is 6.20 Å². The van der Waals surface area contributed by atoms with Crippen LogP contribution in [0.25, 0.3) is 0 Å². The van der Waals surface area contributed by atoms with Crippen LogP contribution in [0.3, 0.4) is 0 Å². The van der Waals surface area contributed by atoms with Crippen LogP contribution in [0.4, 0.5) is 0 Å². The molecular weight excluding hydrogens is 238 g/mol. The lowest BCUT2D eigenvalue weighted by molar-refractivity contribution is 0.355. The molecule has 1 saturated carbocycles. The maximum atomic E-state index is 6.04. The largest absolute Gasteiger partial charge is 0.481 e. The maximum Gasteiger partial charge on any atom is 0.220 e. The molecule has 0 saturated heterocycles. The van der Waals surface area contributed by atoms with Crippen LogP contribution in [0.2, 0.25) is 0 Å². The Hall–Kier alpha value is -1.16. The van der Waals surface area contributed by atoms with Gasteiger partial charge in [-0.05, 0) is 12.8 Å². The van der Waals surface area contributed by atoms with Gasteiger partial charge < -0.3 is 10.5 Å². The highest BCUT2D eigenvalue weighted by Gasteiger charge is 2.38. The molecule has 0 aromatic carbocycles. The fourth-order valence-corrected chi connectivity index (χ4v) is 2.88. The fourth-order valence-electron chi connectivity index (χ4n) is 2.88. The Balaban J connectivity index is 2.46. The Morgan fingerprint density at radius 3 is 2.42 bits per heavy atom. The minimum atomic E-state index is -0.0721. The molecule has 106 valence electrons. The van der Waals surface area contributed by atoms with Crippen molar-refractivity contribution in [1.82, 2.24) is 9.97 Å². The van der Waals surface area contributed by atoms with Gasteiger partial charge in [-0.1, -0.05) is 33.6 Å². The fraction of sp³-hybridized carbons (Fsp3) is 0.733. The van der Waals surface area contributed by atoms with Gasteiger partial charge in [0.2, 0.25) is 5.88 Å². The topological polar surface area (TPSA) is 61.0 Å². The zero-order chi connectivity index (χ0) is 14.1. The number of aromatic nitrogens is 2. The van der Waals surface area contributed by atoms with E-state index < -0.39 is 0 Å². The van der Waals surface area contributed by atoms with E-state index in [-0.39, 0.29) is 10.8 Å². The highest BCUT2D eigenvalue weighted by Crippen LogP contribution is 2.43. The minimum Gasteiger partial charge on any atom is -0.481 e. The Morgan fingerprint density at radius 1 is 1.32 bits per heavy atom. The van der Waals surface area contributed by atoms with Crippen LogP contribution >= 0.6 is 0 Å². The number of hydrogen-bond donors (Lipinski definition) is 1. The van der Waals surface area contributed by atoms with E-state index >= 15 is 0 Å². The summed E-state index contributed by atoms with van der Waals surface area (Å²) < 4.78 is 5.51. The van der Waals surface area contributed by atoms with E-state index in [1.54, 1.807) is 7.11 Å². The number of hydrogen-bond acceptors (Lipinski definition) is 4. The summed E-state index contributed by atoms with van der Waals surface area (Å²) in [5.74, 6) is 1.52. The summed E-state index contributed by atoms with van der Waals surface area (Å²) in [7, 11) is 1.68. The first-order valence-electron chi connectivity index (χ1n) is 7.05. The van der Waals surface area contributed by atoms with E-state index in [9.17, 15) is 0 Å². The highest BCUT2D eigenvalue weighted by molar-refractivity contribution is 5.35. The van der Waals surface area contributed by atoms with Gasteiger partial charge in [-0.2, -0.15) is 4.98 Å². The van der Waals surface area contributed by atoms with Crippen molar-refractivity contribution >= 4 is 0 Å². The highest BCUT2D eigenvalue weighted by atomic mass is 16.5. The maximum absolute atomic E-state index is 6.04. The lowest BCUT2D eigenvalue weighted by Crippen LogP contribution is -2.33. The molecule has 0 bridgehead atoms. The van der Waals surface area contributed by atoms with Crippen molar-refractivity contribution in [1.29, 1.82) is 0 Å². The summed E-state index contributed by atoms with van der Waals surface area (Å²) in [5.41, 5.74) is 7.07. The van der Waals surface area contributed by atoms with E-state index in [1.165, 1.54) is 12.8 Å². The molecule has 0 atom stereocenters. The Labute approximate surface area is 115 Å². The first-order chi connectivity index (χ1) is 8.93. The summed E-state index contributed by atoms with van der Waals surface area (Å²) >= 11 is 0. The second-order valence-corrected chi connectivity index (χ2v) is 6.56. The molecule has 0 radical (unpaired) electrons. The van der Waals surface area contributed by atoms with Crippen molar-refractivity contribution in [2.75, 3.05) is 13.7 Å². The minimum absolute atomic E-state index is 0.0156. The van der Waals surface area contributed by atoms with Gasteiger partial charge in [0, 0.05) is 29.1 Å². The Bertz CT molecular complexity index is 445. The summed E-state index contributed by atoms with van der Waals surface area (Å²) in [6, 6.07) is 0. The molecule has 19 heavy (non-hydrogen) atoms. The first-order valence-corrected chi connectivity index (χ1v) is 7.05. The van der Waals surface area contributed by atoms with Gasteiger partial charge in [-0.15, -0.1) is 0 Å². The predicted molar refractivity (Wildman–Crippen MR) is 76.5 cm³/mol. The van der Waals surface area contributed by atoms with E-state index in [4.69, 9.17) is 10.5 Å². The van der Waals surface area contributed by atoms with Crippen LogP contribution in [-0.2, 0) is 10.8 Å². The monoisotopic (exact) mass is 263 g/mol. The van der Waals surface area contributed by atoms with Crippen molar-refractivity contribution in [2.24, 2.45) is 5.73 Å². The number of methoxy groups -OCH3 is 1. The molecule has 0 unspecified atom stereocenters. The van der Waals surface area contributed by atoms with E-state index in [0.717, 1.165) is 24.2 Å². The van der Waals surface area contributed by atoms with Gasteiger partial charge in [-0.25, -0.2) is 4.98 Å². The second kappa shape index (κ2) is 5.08. The van der Waals surface area contributed by atoms with Crippen LogP contribution in [0.5, 0.6) is 5.88 Å². The third kappa shape index (κ3) is 2.59. The van der Waals surface area contributed by atoms with Gasteiger partial charge in [0.05, 0.1) is 7.11 Å². The molecule has 1 aromatic heterocycles. The zero-order valence-electron chi connectivity index (χ0n) is 12.5. The van der Waals surface area contributed by atoms with Crippen LogP contribution < -0.4 is 10.5 Å². The molecule has 2 N–H and O–H groups in total. The molecule has 1 aliphatic rings. The van der Waals surface area contributed by atoms with E-state index in [2.05, 4.69) is 30.7 Å². The molecule has 1 fully saturated rings. The standard InChI is InChI=1S/C15H25N3O/c1-14(2,3)13-17-9-11(12(18-13)19-4)15(10-16)7-5-6-8-15/h9H,5-8,10,16H2,1-4H3. The number of ether oxygens (including phenoxy) is 1. The predicted octanol–water partition coefficient (Wildman–Crippen LogP) is 2.55. The summed E-state index contributed by atoms with van der Waals surface area (Å²) in [6.45, 7) is 6.96. The Kier molecular flexibility index (Phi) is 3.81. The molecule has 1 aromatic rings. The zero-order valence-corrected chi connectivity index (χ0v) is 12.5. The molecule has 0 amide bonds. The number of rotatable bonds is 3. The van der Waals surface area contributed by atoms with Crippen molar-refractivity contribution in [2.45, 2.75) is 57.3 Å². The van der Waals surface area contributed by atoms with Crippen molar-refractivity contribution in [3.8, 4) is 5.88 Å². The molecule has 0 spiro atoms. The van der Waals surface area contributed by atoms with E-state index in [0.29, 0.717) is 12.4 Å². The third-order valence-corrected chi connectivity index (χ3v) is 4.14. The van der Waals surface area contributed by atoms with Crippen molar-refractivity contribution < 1.29 is 4.74 Å². The second-order valence-electron chi connectivity index (χ2n) is 6.56. The number of nitrogens with two attached hydrogens (primary N) is 1.